The zero-order valence-electron chi connectivity index (χ0n) is 12.8. The molecular formula is C17H27N3. The molecular weight excluding hydrogens is 246 g/mol. The first-order valence-electron chi connectivity index (χ1n) is 7.94. The summed E-state index contributed by atoms with van der Waals surface area (Å²) >= 11 is 0. The van der Waals surface area contributed by atoms with Gasteiger partial charge in [0.2, 0.25) is 0 Å². The van der Waals surface area contributed by atoms with Crippen LogP contribution in [-0.2, 0) is 13.1 Å². The predicted octanol–water partition coefficient (Wildman–Crippen LogP) is 2.12. The Morgan fingerprint density at radius 2 is 2.15 bits per heavy atom. The normalized spacial score (nSPS) is 27.8. The molecule has 2 N–H and O–H groups in total. The van der Waals surface area contributed by atoms with E-state index < -0.39 is 0 Å². The van der Waals surface area contributed by atoms with Crippen molar-refractivity contribution >= 4 is 0 Å². The molecule has 3 nitrogen and oxygen atoms in total. The van der Waals surface area contributed by atoms with Gasteiger partial charge in [-0.2, -0.15) is 0 Å². The smallest absolute Gasteiger partial charge is 0.0240 e. The minimum atomic E-state index is 0.637. The summed E-state index contributed by atoms with van der Waals surface area (Å²) in [5, 5.41) is 0. The summed E-state index contributed by atoms with van der Waals surface area (Å²) in [5.74, 6) is 0. The molecule has 1 aromatic carbocycles. The Balaban J connectivity index is 1.70. The van der Waals surface area contributed by atoms with Crippen LogP contribution in [0.25, 0.3) is 0 Å². The minimum Gasteiger partial charge on any atom is -0.326 e. The third kappa shape index (κ3) is 2.76. The van der Waals surface area contributed by atoms with Crippen molar-refractivity contribution in [3.63, 3.8) is 0 Å². The van der Waals surface area contributed by atoms with Crippen LogP contribution >= 0.6 is 0 Å². The Morgan fingerprint density at radius 1 is 1.30 bits per heavy atom. The Kier molecular flexibility index (Phi) is 4.11. The zero-order valence-corrected chi connectivity index (χ0v) is 12.8. The van der Waals surface area contributed by atoms with Crippen molar-refractivity contribution in [2.45, 2.75) is 51.9 Å². The standard InChI is InChI=1S/C17H27N3/c1-13-8-15(9-18)5-6-16(13)11-20-12-17-4-3-7-19(17)10-14(20)2/h5-6,8,14,17H,3-4,7,9-12,18H2,1-2H3. The molecule has 0 spiro atoms. The molecule has 0 amide bonds. The zero-order chi connectivity index (χ0) is 14.1. The van der Waals surface area contributed by atoms with Gasteiger partial charge in [-0.1, -0.05) is 18.2 Å². The molecule has 2 aliphatic heterocycles. The van der Waals surface area contributed by atoms with E-state index in [1.165, 1.54) is 49.2 Å². The van der Waals surface area contributed by atoms with E-state index in [0.717, 1.165) is 12.6 Å². The predicted molar refractivity (Wildman–Crippen MR) is 83.5 cm³/mol. The Morgan fingerprint density at radius 3 is 2.90 bits per heavy atom. The van der Waals surface area contributed by atoms with Crippen molar-refractivity contribution in [3.8, 4) is 0 Å². The van der Waals surface area contributed by atoms with E-state index in [1.54, 1.807) is 0 Å². The van der Waals surface area contributed by atoms with Gasteiger partial charge >= 0.3 is 0 Å². The third-order valence-corrected chi connectivity index (χ3v) is 5.08. The summed E-state index contributed by atoms with van der Waals surface area (Å²) in [6.45, 7) is 10.1. The number of nitrogens with two attached hydrogens (primary N) is 1. The molecule has 0 aliphatic carbocycles. The fourth-order valence-corrected chi connectivity index (χ4v) is 3.75. The Bertz CT molecular complexity index is 471. The van der Waals surface area contributed by atoms with Crippen LogP contribution in [0.1, 0.15) is 36.5 Å². The van der Waals surface area contributed by atoms with E-state index in [1.807, 2.05) is 0 Å². The van der Waals surface area contributed by atoms with Crippen molar-refractivity contribution in [1.29, 1.82) is 0 Å². The monoisotopic (exact) mass is 273 g/mol. The molecule has 2 fully saturated rings. The van der Waals surface area contributed by atoms with Crippen LogP contribution in [0.3, 0.4) is 0 Å². The average Bonchev–Trinajstić information content (AvgIpc) is 2.88. The maximum atomic E-state index is 5.72. The topological polar surface area (TPSA) is 32.5 Å². The maximum Gasteiger partial charge on any atom is 0.0240 e. The number of nitrogens with zero attached hydrogens (tertiary/aromatic N) is 2. The van der Waals surface area contributed by atoms with Gasteiger partial charge in [-0.05, 0) is 49.9 Å². The lowest BCUT2D eigenvalue weighted by Crippen LogP contribution is -2.54. The second kappa shape index (κ2) is 5.84. The number of benzene rings is 1. The fraction of sp³-hybridized carbons (Fsp3) is 0.647. The molecule has 2 atom stereocenters. The van der Waals surface area contributed by atoms with E-state index in [9.17, 15) is 0 Å². The van der Waals surface area contributed by atoms with Gasteiger partial charge in [0.05, 0.1) is 0 Å². The largest absolute Gasteiger partial charge is 0.326 e. The van der Waals surface area contributed by atoms with Gasteiger partial charge in [-0.3, -0.25) is 9.80 Å². The van der Waals surface area contributed by atoms with E-state index >= 15 is 0 Å². The van der Waals surface area contributed by atoms with Crippen LogP contribution in [-0.4, -0.2) is 41.5 Å². The number of piperazine rings is 1. The average molecular weight is 273 g/mol. The van der Waals surface area contributed by atoms with Gasteiger partial charge in [-0.25, -0.2) is 0 Å². The second-order valence-corrected chi connectivity index (χ2v) is 6.53. The van der Waals surface area contributed by atoms with Gasteiger partial charge < -0.3 is 5.73 Å². The summed E-state index contributed by atoms with van der Waals surface area (Å²) < 4.78 is 0. The number of hydrogen-bond acceptors (Lipinski definition) is 3. The van der Waals surface area contributed by atoms with E-state index in [-0.39, 0.29) is 0 Å². The SMILES string of the molecule is Cc1cc(CN)ccc1CN1CC2CCCN2CC1C. The molecule has 3 heteroatoms. The number of aryl methyl sites for hydroxylation is 1. The lowest BCUT2D eigenvalue weighted by molar-refractivity contribution is 0.0539. The summed E-state index contributed by atoms with van der Waals surface area (Å²) in [6, 6.07) is 8.16. The molecule has 0 radical (unpaired) electrons. The van der Waals surface area contributed by atoms with Gasteiger partial charge in [0.1, 0.15) is 0 Å². The number of hydrogen-bond donors (Lipinski definition) is 1. The lowest BCUT2D eigenvalue weighted by atomic mass is 10.0. The highest BCUT2D eigenvalue weighted by molar-refractivity contribution is 5.31. The van der Waals surface area contributed by atoms with E-state index in [0.29, 0.717) is 12.6 Å². The lowest BCUT2D eigenvalue weighted by Gasteiger charge is -2.42. The molecule has 1 aromatic rings. The van der Waals surface area contributed by atoms with Crippen LogP contribution in [0, 0.1) is 6.92 Å². The van der Waals surface area contributed by atoms with Crippen LogP contribution in [0.4, 0.5) is 0 Å². The number of fused-ring (bicyclic) bond motifs is 1. The van der Waals surface area contributed by atoms with Gasteiger partial charge in [0, 0.05) is 38.3 Å². The molecule has 2 heterocycles. The molecule has 20 heavy (non-hydrogen) atoms. The Labute approximate surface area is 122 Å². The summed E-state index contributed by atoms with van der Waals surface area (Å²) in [4.78, 5) is 5.35. The molecule has 2 saturated heterocycles. The van der Waals surface area contributed by atoms with Crippen molar-refractivity contribution in [3.05, 3.63) is 34.9 Å². The van der Waals surface area contributed by atoms with Crippen molar-refractivity contribution in [1.82, 2.24) is 9.80 Å². The summed E-state index contributed by atoms with van der Waals surface area (Å²) in [7, 11) is 0. The first-order chi connectivity index (χ1) is 9.67. The van der Waals surface area contributed by atoms with Crippen LogP contribution in [0.5, 0.6) is 0 Å². The number of rotatable bonds is 3. The van der Waals surface area contributed by atoms with E-state index in [2.05, 4.69) is 41.8 Å². The summed E-state index contributed by atoms with van der Waals surface area (Å²) in [5.41, 5.74) is 9.80. The third-order valence-electron chi connectivity index (χ3n) is 5.08. The molecule has 110 valence electrons. The van der Waals surface area contributed by atoms with Gasteiger partial charge in [0.25, 0.3) is 0 Å². The molecule has 2 unspecified atom stereocenters. The molecule has 3 rings (SSSR count). The molecule has 0 bridgehead atoms. The highest BCUT2D eigenvalue weighted by atomic mass is 15.3. The van der Waals surface area contributed by atoms with Crippen molar-refractivity contribution in [2.75, 3.05) is 19.6 Å². The highest BCUT2D eigenvalue weighted by Crippen LogP contribution is 2.26. The first kappa shape index (κ1) is 14.1. The Hall–Kier alpha value is -0.900. The second-order valence-electron chi connectivity index (χ2n) is 6.53. The van der Waals surface area contributed by atoms with Crippen LogP contribution in [0.2, 0.25) is 0 Å². The minimum absolute atomic E-state index is 0.637. The highest BCUT2D eigenvalue weighted by Gasteiger charge is 2.34. The molecule has 0 saturated carbocycles. The van der Waals surface area contributed by atoms with Crippen molar-refractivity contribution < 1.29 is 0 Å². The van der Waals surface area contributed by atoms with E-state index in [4.69, 9.17) is 5.73 Å². The molecule has 2 aliphatic rings. The maximum absolute atomic E-state index is 5.72. The first-order valence-corrected chi connectivity index (χ1v) is 7.94. The van der Waals surface area contributed by atoms with Gasteiger partial charge in [0.15, 0.2) is 0 Å². The van der Waals surface area contributed by atoms with Gasteiger partial charge in [-0.15, -0.1) is 0 Å². The van der Waals surface area contributed by atoms with Crippen LogP contribution in [0.15, 0.2) is 18.2 Å². The van der Waals surface area contributed by atoms with Crippen LogP contribution < -0.4 is 5.73 Å². The quantitative estimate of drug-likeness (QED) is 0.915. The fourth-order valence-electron chi connectivity index (χ4n) is 3.75. The summed E-state index contributed by atoms with van der Waals surface area (Å²) in [6.07, 6.45) is 2.77. The van der Waals surface area contributed by atoms with Crippen molar-refractivity contribution in [2.24, 2.45) is 5.73 Å². The molecule has 0 aromatic heterocycles.